The van der Waals surface area contributed by atoms with E-state index >= 15 is 0 Å². The SMILES string of the molecule is CS(=O)(=O)Oc1cc(N)ccc1C(=O)N1CCCC1. The number of likely N-dealkylation sites (tertiary alicyclic amines) is 1. The fourth-order valence-corrected chi connectivity index (χ4v) is 2.50. The smallest absolute Gasteiger partial charge is 0.306 e. The van der Waals surface area contributed by atoms with Gasteiger partial charge in [0.15, 0.2) is 5.75 Å². The number of carbonyl (C=O) groups is 1. The van der Waals surface area contributed by atoms with Gasteiger partial charge in [-0.2, -0.15) is 8.42 Å². The summed E-state index contributed by atoms with van der Waals surface area (Å²) in [6.07, 6.45) is 2.85. The van der Waals surface area contributed by atoms with E-state index in [-0.39, 0.29) is 17.2 Å². The number of nitrogens with two attached hydrogens (primary N) is 1. The summed E-state index contributed by atoms with van der Waals surface area (Å²) in [6.45, 7) is 1.36. The molecule has 6 nitrogen and oxygen atoms in total. The standard InChI is InChI=1S/C12H16N2O4S/c1-19(16,17)18-11-8-9(13)4-5-10(11)12(15)14-6-2-3-7-14/h4-5,8H,2-3,6-7,13H2,1H3. The Bertz CT molecular complexity index is 592. The highest BCUT2D eigenvalue weighted by Crippen LogP contribution is 2.25. The maximum Gasteiger partial charge on any atom is 0.306 e. The maximum absolute atomic E-state index is 12.3. The van der Waals surface area contributed by atoms with E-state index in [4.69, 9.17) is 9.92 Å². The van der Waals surface area contributed by atoms with Gasteiger partial charge in [-0.3, -0.25) is 4.79 Å². The highest BCUT2D eigenvalue weighted by atomic mass is 32.2. The predicted octanol–water partition coefficient (Wildman–Crippen LogP) is 0.843. The summed E-state index contributed by atoms with van der Waals surface area (Å²) in [5.41, 5.74) is 6.17. The number of nitrogens with zero attached hydrogens (tertiary/aromatic N) is 1. The van der Waals surface area contributed by atoms with Gasteiger partial charge in [-0.1, -0.05) is 0 Å². The normalized spacial score (nSPS) is 15.5. The second-order valence-corrected chi connectivity index (χ2v) is 6.12. The Morgan fingerprint density at radius 3 is 2.53 bits per heavy atom. The van der Waals surface area contributed by atoms with Crippen molar-refractivity contribution in [2.75, 3.05) is 25.1 Å². The largest absolute Gasteiger partial charge is 0.399 e. The average molecular weight is 284 g/mol. The van der Waals surface area contributed by atoms with Gasteiger partial charge in [0.25, 0.3) is 5.91 Å². The summed E-state index contributed by atoms with van der Waals surface area (Å²) < 4.78 is 27.3. The van der Waals surface area contributed by atoms with Gasteiger partial charge in [0.05, 0.1) is 11.8 Å². The molecule has 1 aromatic rings. The summed E-state index contributed by atoms with van der Waals surface area (Å²) in [5.74, 6) is -0.240. The van der Waals surface area contributed by atoms with Crippen LogP contribution in [0.25, 0.3) is 0 Å². The summed E-state index contributed by atoms with van der Waals surface area (Å²) in [5, 5.41) is 0. The molecule has 0 spiro atoms. The Morgan fingerprint density at radius 2 is 1.95 bits per heavy atom. The van der Waals surface area contributed by atoms with Crippen molar-refractivity contribution < 1.29 is 17.4 Å². The molecule has 104 valence electrons. The molecule has 0 atom stereocenters. The third kappa shape index (κ3) is 3.37. The van der Waals surface area contributed by atoms with Crippen molar-refractivity contribution in [3.8, 4) is 5.75 Å². The number of hydrogen-bond donors (Lipinski definition) is 1. The first-order valence-electron chi connectivity index (χ1n) is 5.95. The second kappa shape index (κ2) is 5.08. The van der Waals surface area contributed by atoms with Crippen LogP contribution in [0.5, 0.6) is 5.75 Å². The van der Waals surface area contributed by atoms with Gasteiger partial charge in [-0.05, 0) is 25.0 Å². The Labute approximate surface area is 112 Å². The van der Waals surface area contributed by atoms with E-state index in [0.29, 0.717) is 18.8 Å². The molecule has 1 fully saturated rings. The van der Waals surface area contributed by atoms with Gasteiger partial charge < -0.3 is 14.8 Å². The van der Waals surface area contributed by atoms with Crippen LogP contribution in [0, 0.1) is 0 Å². The Balaban J connectivity index is 2.36. The quantitative estimate of drug-likeness (QED) is 0.656. The molecule has 1 aliphatic rings. The molecule has 19 heavy (non-hydrogen) atoms. The topological polar surface area (TPSA) is 89.7 Å². The lowest BCUT2D eigenvalue weighted by molar-refractivity contribution is 0.0791. The van der Waals surface area contributed by atoms with Crippen molar-refractivity contribution >= 4 is 21.7 Å². The third-order valence-electron chi connectivity index (χ3n) is 2.87. The van der Waals surface area contributed by atoms with Crippen molar-refractivity contribution in [1.29, 1.82) is 0 Å². The van der Waals surface area contributed by atoms with Gasteiger partial charge >= 0.3 is 10.1 Å². The molecule has 0 bridgehead atoms. The van der Waals surface area contributed by atoms with E-state index in [1.807, 2.05) is 0 Å². The van der Waals surface area contributed by atoms with Crippen molar-refractivity contribution in [3.63, 3.8) is 0 Å². The molecule has 0 radical (unpaired) electrons. The highest BCUT2D eigenvalue weighted by Gasteiger charge is 2.23. The van der Waals surface area contributed by atoms with Crippen molar-refractivity contribution in [3.05, 3.63) is 23.8 Å². The van der Waals surface area contributed by atoms with Crippen LogP contribution < -0.4 is 9.92 Å². The van der Waals surface area contributed by atoms with E-state index in [1.165, 1.54) is 12.1 Å². The number of hydrogen-bond acceptors (Lipinski definition) is 5. The number of amides is 1. The molecule has 1 aromatic carbocycles. The Morgan fingerprint density at radius 1 is 1.32 bits per heavy atom. The maximum atomic E-state index is 12.3. The molecule has 7 heteroatoms. The minimum Gasteiger partial charge on any atom is -0.399 e. The van der Waals surface area contributed by atoms with Crippen LogP contribution in [0.3, 0.4) is 0 Å². The van der Waals surface area contributed by atoms with E-state index in [2.05, 4.69) is 0 Å². The zero-order valence-corrected chi connectivity index (χ0v) is 11.4. The van der Waals surface area contributed by atoms with Crippen LogP contribution in [-0.4, -0.2) is 38.6 Å². The Hall–Kier alpha value is -1.76. The molecule has 0 aromatic heterocycles. The number of carbonyl (C=O) groups excluding carboxylic acids is 1. The van der Waals surface area contributed by atoms with Crippen molar-refractivity contribution in [2.24, 2.45) is 0 Å². The van der Waals surface area contributed by atoms with E-state index < -0.39 is 10.1 Å². The molecular formula is C12H16N2O4S. The third-order valence-corrected chi connectivity index (χ3v) is 3.35. The van der Waals surface area contributed by atoms with Crippen LogP contribution in [0.2, 0.25) is 0 Å². The van der Waals surface area contributed by atoms with Gasteiger partial charge in [0.2, 0.25) is 0 Å². The van der Waals surface area contributed by atoms with E-state index in [0.717, 1.165) is 19.1 Å². The zero-order chi connectivity index (χ0) is 14.0. The van der Waals surface area contributed by atoms with Gasteiger partial charge in [-0.15, -0.1) is 0 Å². The lowest BCUT2D eigenvalue weighted by Gasteiger charge is -2.17. The second-order valence-electron chi connectivity index (χ2n) is 4.54. The number of anilines is 1. The first-order valence-corrected chi connectivity index (χ1v) is 7.77. The Kier molecular flexibility index (Phi) is 3.66. The summed E-state index contributed by atoms with van der Waals surface area (Å²) in [6, 6.07) is 4.40. The molecule has 2 N–H and O–H groups in total. The lowest BCUT2D eigenvalue weighted by atomic mass is 10.1. The molecule has 1 aliphatic heterocycles. The molecular weight excluding hydrogens is 268 g/mol. The minimum atomic E-state index is -3.70. The van der Waals surface area contributed by atoms with Crippen LogP contribution in [0.15, 0.2) is 18.2 Å². The molecule has 0 aliphatic carbocycles. The van der Waals surface area contributed by atoms with Crippen LogP contribution in [0.4, 0.5) is 5.69 Å². The molecule has 1 amide bonds. The van der Waals surface area contributed by atoms with Crippen LogP contribution in [0.1, 0.15) is 23.2 Å². The molecule has 0 unspecified atom stereocenters. The van der Waals surface area contributed by atoms with Crippen molar-refractivity contribution in [1.82, 2.24) is 4.90 Å². The zero-order valence-electron chi connectivity index (χ0n) is 10.6. The summed E-state index contributed by atoms with van der Waals surface area (Å²) in [4.78, 5) is 14.0. The number of benzene rings is 1. The molecule has 1 saturated heterocycles. The average Bonchev–Trinajstić information content (AvgIpc) is 2.79. The fourth-order valence-electron chi connectivity index (χ4n) is 2.04. The first-order chi connectivity index (χ1) is 8.87. The fraction of sp³-hybridized carbons (Fsp3) is 0.417. The van der Waals surface area contributed by atoms with Crippen molar-refractivity contribution in [2.45, 2.75) is 12.8 Å². The van der Waals surface area contributed by atoms with Crippen LogP contribution >= 0.6 is 0 Å². The molecule has 2 rings (SSSR count). The lowest BCUT2D eigenvalue weighted by Crippen LogP contribution is -2.28. The number of nitrogen functional groups attached to an aromatic ring is 1. The molecule has 1 heterocycles. The number of rotatable bonds is 3. The monoisotopic (exact) mass is 284 g/mol. The molecule has 0 saturated carbocycles. The summed E-state index contributed by atoms with van der Waals surface area (Å²) >= 11 is 0. The van der Waals surface area contributed by atoms with E-state index in [1.54, 1.807) is 11.0 Å². The summed E-state index contributed by atoms with van der Waals surface area (Å²) in [7, 11) is -3.70. The highest BCUT2D eigenvalue weighted by molar-refractivity contribution is 7.86. The van der Waals surface area contributed by atoms with Gasteiger partial charge in [0, 0.05) is 24.8 Å². The van der Waals surface area contributed by atoms with Gasteiger partial charge in [0.1, 0.15) is 0 Å². The van der Waals surface area contributed by atoms with Gasteiger partial charge in [-0.25, -0.2) is 0 Å². The predicted molar refractivity (Wildman–Crippen MR) is 71.5 cm³/mol. The van der Waals surface area contributed by atoms with Crippen LogP contribution in [-0.2, 0) is 10.1 Å². The van der Waals surface area contributed by atoms with E-state index in [9.17, 15) is 13.2 Å². The first kappa shape index (κ1) is 13.7. The minimum absolute atomic E-state index is 0.0144.